The van der Waals surface area contributed by atoms with E-state index in [0.717, 1.165) is 11.3 Å². The van der Waals surface area contributed by atoms with E-state index in [-0.39, 0.29) is 48.3 Å². The molecule has 4 rings (SSSR count). The Bertz CT molecular complexity index is 1290. The highest BCUT2D eigenvalue weighted by molar-refractivity contribution is 7.91. The Morgan fingerprint density at radius 2 is 1.93 bits per heavy atom. The zero-order valence-corrected chi connectivity index (χ0v) is 23.6. The molecule has 2 aliphatic rings. The van der Waals surface area contributed by atoms with Crippen LogP contribution in [-0.2, 0) is 21.1 Å². The maximum atomic E-state index is 13.1. The fourth-order valence-electron chi connectivity index (χ4n) is 5.46. The second-order valence-corrected chi connectivity index (χ2v) is 13.1. The summed E-state index contributed by atoms with van der Waals surface area (Å²) in [4.78, 5) is 20.0. The summed E-state index contributed by atoms with van der Waals surface area (Å²) in [6, 6.07) is 7.02. The summed E-state index contributed by atoms with van der Waals surface area (Å²) in [6.07, 6.45) is -2.68. The van der Waals surface area contributed by atoms with Crippen molar-refractivity contribution in [1.29, 1.82) is 0 Å². The van der Waals surface area contributed by atoms with Crippen molar-refractivity contribution in [3.63, 3.8) is 0 Å². The minimum Gasteiger partial charge on any atom is -0.394 e. The number of aliphatic hydroxyl groups is 1. The van der Waals surface area contributed by atoms with E-state index in [2.05, 4.69) is 29.0 Å². The van der Waals surface area contributed by atoms with E-state index in [4.69, 9.17) is 4.74 Å². The number of aliphatic hydroxyl groups excluding tert-OH is 1. The van der Waals surface area contributed by atoms with Crippen molar-refractivity contribution in [1.82, 2.24) is 15.2 Å². The van der Waals surface area contributed by atoms with Crippen LogP contribution < -0.4 is 5.32 Å². The quantitative estimate of drug-likeness (QED) is 0.455. The highest BCUT2D eigenvalue weighted by atomic mass is 32.2. The third-order valence-electron chi connectivity index (χ3n) is 7.72. The molecule has 0 bridgehead atoms. The fraction of sp³-hybridized carbons (Fsp3) is 0.571. The van der Waals surface area contributed by atoms with Gasteiger partial charge in [0.2, 0.25) is 0 Å². The number of halogens is 3. The van der Waals surface area contributed by atoms with Crippen LogP contribution in [0.25, 0.3) is 0 Å². The van der Waals surface area contributed by atoms with Crippen molar-refractivity contribution in [3.05, 3.63) is 58.9 Å². The highest BCUT2D eigenvalue weighted by Gasteiger charge is 2.43. The maximum Gasteiger partial charge on any atom is 0.394 e. The molecule has 0 aliphatic carbocycles. The van der Waals surface area contributed by atoms with Crippen molar-refractivity contribution in [2.24, 2.45) is 11.8 Å². The molecule has 0 unspecified atom stereocenters. The summed E-state index contributed by atoms with van der Waals surface area (Å²) in [5.41, 5.74) is 2.58. The molecule has 1 fully saturated rings. The van der Waals surface area contributed by atoms with Gasteiger partial charge in [-0.2, -0.15) is 13.2 Å². The summed E-state index contributed by atoms with van der Waals surface area (Å²) in [5.74, 6) is -1.71. The number of pyridine rings is 1. The van der Waals surface area contributed by atoms with Gasteiger partial charge in [0.1, 0.15) is 0 Å². The molecule has 0 radical (unpaired) electrons. The predicted molar refractivity (Wildman–Crippen MR) is 142 cm³/mol. The summed E-state index contributed by atoms with van der Waals surface area (Å²) >= 11 is 0. The van der Waals surface area contributed by atoms with Crippen LogP contribution in [0, 0.1) is 11.8 Å². The lowest BCUT2D eigenvalue weighted by Gasteiger charge is -2.35. The third-order valence-corrected chi connectivity index (χ3v) is 9.47. The van der Waals surface area contributed by atoms with Gasteiger partial charge in [0.15, 0.2) is 9.84 Å². The SMILES string of the molecule is CCS(=O)(=O)c1ccc([C@H](CO)NC(=O)c2cnc3c(c2)CN(C[C@@H]2CC[C@H](C(F)(F)F)CO2)[C@H]3C(C)C)cc1. The Balaban J connectivity index is 1.44. The molecule has 2 aromatic rings. The topological polar surface area (TPSA) is 109 Å². The molecule has 0 saturated carbocycles. The molecule has 8 nitrogen and oxygen atoms in total. The van der Waals surface area contributed by atoms with Crippen molar-refractivity contribution >= 4 is 15.7 Å². The first-order valence-corrected chi connectivity index (χ1v) is 15.1. The van der Waals surface area contributed by atoms with Crippen LogP contribution >= 0.6 is 0 Å². The van der Waals surface area contributed by atoms with Gasteiger partial charge < -0.3 is 15.2 Å². The number of alkyl halides is 3. The third kappa shape index (κ3) is 6.67. The van der Waals surface area contributed by atoms with Crippen LogP contribution in [0.2, 0.25) is 0 Å². The molecule has 12 heteroatoms. The van der Waals surface area contributed by atoms with E-state index in [1.807, 2.05) is 0 Å². The Hall–Kier alpha value is -2.54. The van der Waals surface area contributed by atoms with E-state index in [1.165, 1.54) is 18.3 Å². The summed E-state index contributed by atoms with van der Waals surface area (Å²) in [5, 5.41) is 12.7. The molecule has 1 aromatic heterocycles. The van der Waals surface area contributed by atoms with Crippen molar-refractivity contribution in [3.8, 4) is 0 Å². The maximum absolute atomic E-state index is 13.1. The van der Waals surface area contributed by atoms with Gasteiger partial charge in [0, 0.05) is 19.3 Å². The molecule has 0 spiro atoms. The Kier molecular flexibility index (Phi) is 9.23. The smallest absolute Gasteiger partial charge is 0.394 e. The molecule has 3 heterocycles. The van der Waals surface area contributed by atoms with Crippen LogP contribution in [0.4, 0.5) is 13.2 Å². The molecule has 2 aliphatic heterocycles. The van der Waals surface area contributed by atoms with Gasteiger partial charge >= 0.3 is 6.18 Å². The Morgan fingerprint density at radius 3 is 2.48 bits per heavy atom. The zero-order chi connectivity index (χ0) is 29.2. The van der Waals surface area contributed by atoms with E-state index >= 15 is 0 Å². The van der Waals surface area contributed by atoms with Gasteiger partial charge in [-0.05, 0) is 48.1 Å². The number of amides is 1. The summed E-state index contributed by atoms with van der Waals surface area (Å²) < 4.78 is 68.8. The molecule has 220 valence electrons. The number of carbonyl (C=O) groups excluding carboxylic acids is 1. The monoisotopic (exact) mass is 583 g/mol. The van der Waals surface area contributed by atoms with Crippen LogP contribution in [0.5, 0.6) is 0 Å². The van der Waals surface area contributed by atoms with Crippen molar-refractivity contribution in [2.45, 2.75) is 69.4 Å². The number of sulfone groups is 1. The summed E-state index contributed by atoms with van der Waals surface area (Å²) in [7, 11) is -3.37. The second kappa shape index (κ2) is 12.1. The number of fused-ring (bicyclic) bond motifs is 1. The van der Waals surface area contributed by atoms with Gasteiger partial charge in [0.05, 0.1) is 59.2 Å². The number of hydrogen-bond donors (Lipinski definition) is 2. The molecular formula is C28H36F3N3O5S. The molecule has 1 amide bonds. The normalized spacial score (nSPS) is 22.8. The standard InChI is InChI=1S/C28H36F3N3O5S/c1-4-40(37,38)23-9-5-18(6-10-23)24(15-35)33-27(36)19-11-20-13-34(26(17(2)3)25(20)32-12-19)14-22-8-7-21(16-39-22)28(29,30)31/h5-6,9-12,17,21-22,24,26,35H,4,7-8,13-16H2,1-3H3,(H,33,36)/t21-,22-,24-,26-/m0/s1. The lowest BCUT2D eigenvalue weighted by atomic mass is 9.96. The second-order valence-electron chi connectivity index (χ2n) is 10.8. The number of nitrogens with zero attached hydrogens (tertiary/aromatic N) is 2. The lowest BCUT2D eigenvalue weighted by Crippen LogP contribution is -2.41. The summed E-state index contributed by atoms with van der Waals surface area (Å²) in [6.45, 7) is 5.92. The molecule has 1 aromatic carbocycles. The number of ether oxygens (including phenoxy) is 1. The molecule has 2 N–H and O–H groups in total. The number of nitrogens with one attached hydrogen (secondary N) is 1. The Morgan fingerprint density at radius 1 is 1.23 bits per heavy atom. The fourth-order valence-corrected chi connectivity index (χ4v) is 6.35. The van der Waals surface area contributed by atoms with Gasteiger partial charge in [-0.25, -0.2) is 8.42 Å². The molecule has 40 heavy (non-hydrogen) atoms. The van der Waals surface area contributed by atoms with E-state index in [1.54, 1.807) is 25.1 Å². The first-order chi connectivity index (χ1) is 18.8. The number of benzene rings is 1. The van der Waals surface area contributed by atoms with Gasteiger partial charge in [0.25, 0.3) is 5.91 Å². The first-order valence-electron chi connectivity index (χ1n) is 13.5. The van der Waals surface area contributed by atoms with E-state index in [0.29, 0.717) is 30.6 Å². The largest absolute Gasteiger partial charge is 0.394 e. The highest BCUT2D eigenvalue weighted by Crippen LogP contribution is 2.39. The molecular weight excluding hydrogens is 547 g/mol. The minimum absolute atomic E-state index is 0.0286. The number of carbonyl (C=O) groups is 1. The van der Waals surface area contributed by atoms with Crippen LogP contribution in [0.15, 0.2) is 41.4 Å². The van der Waals surface area contributed by atoms with E-state index in [9.17, 15) is 31.5 Å². The number of rotatable bonds is 9. The lowest BCUT2D eigenvalue weighted by molar-refractivity contribution is -0.209. The molecule has 1 saturated heterocycles. The van der Waals surface area contributed by atoms with Gasteiger partial charge in [-0.3, -0.25) is 14.7 Å². The number of aromatic nitrogens is 1. The van der Waals surface area contributed by atoms with Crippen molar-refractivity contribution in [2.75, 3.05) is 25.5 Å². The van der Waals surface area contributed by atoms with Crippen LogP contribution in [0.1, 0.15) is 72.9 Å². The van der Waals surface area contributed by atoms with Crippen LogP contribution in [-0.4, -0.2) is 67.1 Å². The van der Waals surface area contributed by atoms with Crippen LogP contribution in [0.3, 0.4) is 0 Å². The van der Waals surface area contributed by atoms with E-state index < -0.39 is 33.9 Å². The minimum atomic E-state index is -4.25. The molecule has 4 atom stereocenters. The predicted octanol–water partition coefficient (Wildman–Crippen LogP) is 4.21. The van der Waals surface area contributed by atoms with Crippen molar-refractivity contribution < 1.29 is 36.2 Å². The number of hydrogen-bond acceptors (Lipinski definition) is 7. The Labute approximate surface area is 232 Å². The van der Waals surface area contributed by atoms with Gasteiger partial charge in [-0.15, -0.1) is 0 Å². The average molecular weight is 584 g/mol. The zero-order valence-electron chi connectivity index (χ0n) is 22.8. The average Bonchev–Trinajstić information content (AvgIpc) is 3.28. The first kappa shape index (κ1) is 30.4. The van der Waals surface area contributed by atoms with Gasteiger partial charge in [-0.1, -0.05) is 32.9 Å².